The van der Waals surface area contributed by atoms with Crippen LogP contribution in [0.25, 0.3) is 0 Å². The third kappa shape index (κ3) is 3.73. The first-order valence-electron chi connectivity index (χ1n) is 9.21. The highest BCUT2D eigenvalue weighted by Crippen LogP contribution is 2.39. The van der Waals surface area contributed by atoms with Gasteiger partial charge in [-0.15, -0.1) is 11.3 Å². The number of fused-ring (bicyclic) bond motifs is 1. The molecule has 28 heavy (non-hydrogen) atoms. The monoisotopic (exact) mass is 386 g/mol. The van der Waals surface area contributed by atoms with Crippen LogP contribution in [0.15, 0.2) is 59.6 Å². The molecule has 0 atom stereocenters. The van der Waals surface area contributed by atoms with Crippen LogP contribution in [0.4, 0.5) is 5.00 Å². The van der Waals surface area contributed by atoms with Crippen LogP contribution in [0.3, 0.4) is 0 Å². The molecule has 0 aliphatic heterocycles. The summed E-state index contributed by atoms with van der Waals surface area (Å²) >= 11 is 1.59. The summed E-state index contributed by atoms with van der Waals surface area (Å²) in [5.74, 6) is 0.0330. The van der Waals surface area contributed by atoms with Gasteiger partial charge >= 0.3 is 5.97 Å². The van der Waals surface area contributed by atoms with Crippen molar-refractivity contribution in [1.82, 2.24) is 0 Å². The normalized spacial score (nSPS) is 13.1. The second-order valence-corrected chi connectivity index (χ2v) is 7.64. The van der Waals surface area contributed by atoms with Crippen LogP contribution in [0.2, 0.25) is 0 Å². The van der Waals surface area contributed by atoms with E-state index in [9.17, 15) is 10.1 Å². The third-order valence-corrected chi connectivity index (χ3v) is 5.92. The lowest BCUT2D eigenvalue weighted by molar-refractivity contribution is 0.0734. The molecule has 0 saturated heterocycles. The molecule has 0 N–H and O–H groups in total. The summed E-state index contributed by atoms with van der Waals surface area (Å²) in [5, 5.41) is 10.3. The predicted molar refractivity (Wildman–Crippen MR) is 111 cm³/mol. The maximum absolute atomic E-state index is 12.4. The Labute approximate surface area is 167 Å². The Balaban J connectivity index is 1.60. The topological polar surface area (TPSA) is 62.4 Å². The fourth-order valence-electron chi connectivity index (χ4n) is 3.30. The number of aliphatic imine (C=N–C) groups is 1. The van der Waals surface area contributed by atoms with Gasteiger partial charge in [-0.3, -0.25) is 0 Å². The molecule has 4 nitrogen and oxygen atoms in total. The van der Waals surface area contributed by atoms with Gasteiger partial charge in [-0.05, 0) is 55.5 Å². The number of ether oxygens (including phenoxy) is 1. The van der Waals surface area contributed by atoms with Gasteiger partial charge in [-0.2, -0.15) is 5.26 Å². The number of carbonyl (C=O) groups is 1. The fraction of sp³-hybridized carbons (Fsp3) is 0.174. The number of hydrogen-bond acceptors (Lipinski definition) is 5. The molecule has 0 radical (unpaired) electrons. The Morgan fingerprint density at radius 3 is 2.64 bits per heavy atom. The second-order valence-electron chi connectivity index (χ2n) is 6.55. The number of para-hydroxylation sites is 1. The van der Waals surface area contributed by atoms with Crippen molar-refractivity contribution >= 4 is 28.5 Å². The van der Waals surface area contributed by atoms with E-state index in [0.29, 0.717) is 22.4 Å². The first-order chi connectivity index (χ1) is 13.8. The molecule has 1 aromatic heterocycles. The Hall–Kier alpha value is -3.23. The van der Waals surface area contributed by atoms with E-state index in [1.807, 2.05) is 24.3 Å². The smallest absolute Gasteiger partial charge is 0.343 e. The molecular weight excluding hydrogens is 368 g/mol. The summed E-state index contributed by atoms with van der Waals surface area (Å²) in [7, 11) is 0. The van der Waals surface area contributed by atoms with Crippen molar-refractivity contribution in [2.75, 3.05) is 0 Å². The van der Waals surface area contributed by atoms with Crippen LogP contribution in [0, 0.1) is 11.3 Å². The van der Waals surface area contributed by atoms with E-state index in [-0.39, 0.29) is 0 Å². The molecular formula is C23H18N2O2S. The number of nitrogens with zero attached hydrogens (tertiary/aromatic N) is 2. The standard InChI is InChI=1S/C23H18N2O2S/c24-14-19-18-11-5-7-13-21(18)28-22(19)25-15-17-10-4-6-12-20(17)27-23(26)16-8-2-1-3-9-16/h1-4,6,8-10,12,15H,5,7,11,13H2. The number of benzene rings is 2. The maximum atomic E-state index is 12.4. The first-order valence-corrected chi connectivity index (χ1v) is 10.0. The predicted octanol–water partition coefficient (Wildman–Crippen LogP) is 5.47. The summed E-state index contributed by atoms with van der Waals surface area (Å²) in [5.41, 5.74) is 3.04. The minimum absolute atomic E-state index is 0.411. The zero-order chi connectivity index (χ0) is 19.3. The molecule has 0 saturated carbocycles. The van der Waals surface area contributed by atoms with Crippen LogP contribution in [0.5, 0.6) is 5.75 Å². The number of aryl methyl sites for hydroxylation is 1. The van der Waals surface area contributed by atoms with Gasteiger partial charge in [0.15, 0.2) is 0 Å². The van der Waals surface area contributed by atoms with Crippen molar-refractivity contribution in [3.8, 4) is 11.8 Å². The van der Waals surface area contributed by atoms with E-state index in [4.69, 9.17) is 4.74 Å². The largest absolute Gasteiger partial charge is 0.422 e. The Morgan fingerprint density at radius 2 is 1.82 bits per heavy atom. The zero-order valence-electron chi connectivity index (χ0n) is 15.2. The van der Waals surface area contributed by atoms with Crippen molar-refractivity contribution in [3.63, 3.8) is 0 Å². The van der Waals surface area contributed by atoms with Gasteiger partial charge < -0.3 is 4.74 Å². The molecule has 0 unspecified atom stereocenters. The molecule has 1 heterocycles. The molecule has 4 rings (SSSR count). The van der Waals surface area contributed by atoms with Gasteiger partial charge in [0.25, 0.3) is 0 Å². The Bertz CT molecular complexity index is 1080. The summed E-state index contributed by atoms with van der Waals surface area (Å²) in [6, 6.07) is 18.5. The average molecular weight is 386 g/mol. The lowest BCUT2D eigenvalue weighted by Crippen LogP contribution is -2.09. The number of hydrogen-bond donors (Lipinski definition) is 0. The molecule has 0 amide bonds. The Kier molecular flexibility index (Phi) is 5.31. The van der Waals surface area contributed by atoms with Crippen LogP contribution in [-0.4, -0.2) is 12.2 Å². The van der Waals surface area contributed by atoms with E-state index in [1.165, 1.54) is 11.3 Å². The number of nitriles is 1. The zero-order valence-corrected chi connectivity index (χ0v) is 16.0. The van der Waals surface area contributed by atoms with Gasteiger partial charge in [-0.1, -0.05) is 30.3 Å². The quantitative estimate of drug-likeness (QED) is 0.339. The number of esters is 1. The fourth-order valence-corrected chi connectivity index (χ4v) is 4.48. The van der Waals surface area contributed by atoms with E-state index in [0.717, 1.165) is 29.8 Å². The molecule has 1 aliphatic rings. The molecule has 0 bridgehead atoms. The first kappa shape index (κ1) is 18.1. The molecule has 0 spiro atoms. The lowest BCUT2D eigenvalue weighted by Gasteiger charge is -2.09. The molecule has 3 aromatic rings. The minimum atomic E-state index is -0.411. The number of thiophene rings is 1. The van der Waals surface area contributed by atoms with Crippen LogP contribution >= 0.6 is 11.3 Å². The van der Waals surface area contributed by atoms with Gasteiger partial charge in [-0.25, -0.2) is 9.79 Å². The highest BCUT2D eigenvalue weighted by atomic mass is 32.1. The molecule has 2 aromatic carbocycles. The van der Waals surface area contributed by atoms with E-state index in [2.05, 4.69) is 11.1 Å². The van der Waals surface area contributed by atoms with Gasteiger partial charge in [0.05, 0.1) is 11.1 Å². The Morgan fingerprint density at radius 1 is 1.07 bits per heavy atom. The molecule has 1 aliphatic carbocycles. The van der Waals surface area contributed by atoms with Gasteiger partial charge in [0.1, 0.15) is 16.8 Å². The molecule has 0 fully saturated rings. The number of rotatable bonds is 4. The van der Waals surface area contributed by atoms with Crippen LogP contribution < -0.4 is 4.74 Å². The van der Waals surface area contributed by atoms with Crippen molar-refractivity contribution in [1.29, 1.82) is 5.26 Å². The van der Waals surface area contributed by atoms with E-state index in [1.54, 1.807) is 47.9 Å². The maximum Gasteiger partial charge on any atom is 0.343 e. The van der Waals surface area contributed by atoms with Gasteiger partial charge in [0.2, 0.25) is 0 Å². The second kappa shape index (κ2) is 8.20. The summed E-state index contributed by atoms with van der Waals surface area (Å²) < 4.78 is 5.57. The van der Waals surface area contributed by atoms with Crippen molar-refractivity contribution in [2.45, 2.75) is 25.7 Å². The van der Waals surface area contributed by atoms with Crippen molar-refractivity contribution in [2.24, 2.45) is 4.99 Å². The SMILES string of the molecule is N#Cc1c(N=Cc2ccccc2OC(=O)c2ccccc2)sc2c1CCCC2. The molecule has 5 heteroatoms. The minimum Gasteiger partial charge on any atom is -0.422 e. The summed E-state index contributed by atoms with van der Waals surface area (Å²) in [4.78, 5) is 18.2. The highest BCUT2D eigenvalue weighted by Gasteiger charge is 2.20. The summed E-state index contributed by atoms with van der Waals surface area (Å²) in [6.07, 6.45) is 5.94. The third-order valence-electron chi connectivity index (χ3n) is 4.72. The average Bonchev–Trinajstić information content (AvgIpc) is 3.11. The summed E-state index contributed by atoms with van der Waals surface area (Å²) in [6.45, 7) is 0. The van der Waals surface area contributed by atoms with Crippen LogP contribution in [0.1, 0.15) is 44.8 Å². The van der Waals surface area contributed by atoms with Crippen molar-refractivity contribution < 1.29 is 9.53 Å². The molecule has 138 valence electrons. The van der Waals surface area contributed by atoms with E-state index < -0.39 is 5.97 Å². The highest BCUT2D eigenvalue weighted by molar-refractivity contribution is 7.16. The van der Waals surface area contributed by atoms with E-state index >= 15 is 0 Å². The lowest BCUT2D eigenvalue weighted by atomic mass is 9.96. The van der Waals surface area contributed by atoms with Crippen molar-refractivity contribution in [3.05, 3.63) is 81.7 Å². The van der Waals surface area contributed by atoms with Gasteiger partial charge in [0, 0.05) is 16.7 Å². The van der Waals surface area contributed by atoms with Crippen LogP contribution in [-0.2, 0) is 12.8 Å². The number of carbonyl (C=O) groups excluding carboxylic acids is 1.